The lowest BCUT2D eigenvalue weighted by atomic mass is 10.2. The summed E-state index contributed by atoms with van der Waals surface area (Å²) < 4.78 is 30.1. The van der Waals surface area contributed by atoms with Crippen LogP contribution in [0.25, 0.3) is 0 Å². The third-order valence-corrected chi connectivity index (χ3v) is 4.05. The van der Waals surface area contributed by atoms with E-state index in [2.05, 4.69) is 15.0 Å². The Bertz CT molecular complexity index is 710. The topological polar surface area (TPSA) is 101 Å². The Morgan fingerprint density at radius 2 is 2.14 bits per heavy atom. The van der Waals surface area contributed by atoms with Crippen molar-refractivity contribution in [1.29, 1.82) is 0 Å². The fraction of sp³-hybridized carbons (Fsp3) is 0.231. The van der Waals surface area contributed by atoms with Crippen molar-refractivity contribution < 1.29 is 17.6 Å². The molecule has 0 fully saturated rings. The molecule has 0 bridgehead atoms. The Balaban J connectivity index is 1.92. The Labute approximate surface area is 122 Å². The molecule has 2 aromatic heterocycles. The molecule has 2 N–H and O–H groups in total. The van der Waals surface area contributed by atoms with E-state index in [9.17, 15) is 13.2 Å². The third kappa shape index (κ3) is 3.89. The van der Waals surface area contributed by atoms with Gasteiger partial charge in [0, 0.05) is 18.9 Å². The largest absolute Gasteiger partial charge is 0.438 e. The van der Waals surface area contributed by atoms with Crippen LogP contribution in [0.2, 0.25) is 0 Å². The molecule has 0 aliphatic heterocycles. The number of carbonyl (C=O) groups is 1. The quantitative estimate of drug-likeness (QED) is 0.811. The molecule has 0 radical (unpaired) electrons. The minimum Gasteiger partial charge on any atom is -0.438 e. The second-order valence-corrected chi connectivity index (χ2v) is 6.01. The van der Waals surface area contributed by atoms with E-state index < -0.39 is 15.9 Å². The summed E-state index contributed by atoms with van der Waals surface area (Å²) in [7, 11) is -2.41. The van der Waals surface area contributed by atoms with Gasteiger partial charge in [-0.05, 0) is 37.2 Å². The molecular weight excluding hydrogens is 294 g/mol. The van der Waals surface area contributed by atoms with Crippen LogP contribution in [-0.4, -0.2) is 32.9 Å². The fourth-order valence-corrected chi connectivity index (χ4v) is 2.29. The monoisotopic (exact) mass is 309 g/mol. The molecule has 2 rings (SSSR count). The first-order valence-corrected chi connectivity index (χ1v) is 7.72. The Hall–Kier alpha value is -2.19. The van der Waals surface area contributed by atoms with Crippen molar-refractivity contribution in [3.8, 4) is 0 Å². The molecule has 0 saturated heterocycles. The van der Waals surface area contributed by atoms with Crippen LogP contribution in [-0.2, 0) is 16.4 Å². The molecule has 2 heterocycles. The van der Waals surface area contributed by atoms with E-state index in [0.717, 1.165) is 5.56 Å². The number of amides is 1. The average molecular weight is 309 g/mol. The van der Waals surface area contributed by atoms with Crippen LogP contribution in [0, 0.1) is 0 Å². The van der Waals surface area contributed by atoms with Gasteiger partial charge < -0.3 is 9.73 Å². The van der Waals surface area contributed by atoms with Gasteiger partial charge in [-0.15, -0.1) is 0 Å². The molecule has 7 nitrogen and oxygen atoms in total. The first kappa shape index (κ1) is 15.2. The highest BCUT2D eigenvalue weighted by molar-refractivity contribution is 7.89. The van der Waals surface area contributed by atoms with Crippen LogP contribution in [0.4, 0.5) is 0 Å². The molecule has 112 valence electrons. The zero-order valence-corrected chi connectivity index (χ0v) is 12.2. The number of hydrogen-bond donors (Lipinski definition) is 2. The molecular formula is C13H15N3O4S. The highest BCUT2D eigenvalue weighted by atomic mass is 32.2. The molecule has 0 aromatic carbocycles. The zero-order valence-electron chi connectivity index (χ0n) is 11.4. The Morgan fingerprint density at radius 3 is 2.81 bits per heavy atom. The molecule has 0 spiro atoms. The van der Waals surface area contributed by atoms with Gasteiger partial charge in [-0.2, -0.15) is 0 Å². The van der Waals surface area contributed by atoms with Crippen LogP contribution in [0.5, 0.6) is 0 Å². The molecule has 0 aliphatic carbocycles. The van der Waals surface area contributed by atoms with Crippen molar-refractivity contribution in [2.75, 3.05) is 13.6 Å². The van der Waals surface area contributed by atoms with E-state index in [0.29, 0.717) is 13.0 Å². The lowest BCUT2D eigenvalue weighted by Gasteiger charge is -2.03. The van der Waals surface area contributed by atoms with Crippen molar-refractivity contribution in [3.05, 3.63) is 48.0 Å². The summed E-state index contributed by atoms with van der Waals surface area (Å²) in [5.74, 6) is -0.508. The van der Waals surface area contributed by atoms with Gasteiger partial charge in [-0.25, -0.2) is 13.1 Å². The number of aromatic nitrogens is 1. The number of sulfonamides is 1. The van der Waals surface area contributed by atoms with Crippen LogP contribution in [0.3, 0.4) is 0 Å². The molecule has 0 unspecified atom stereocenters. The summed E-state index contributed by atoms with van der Waals surface area (Å²) in [5, 5.41) is 2.37. The van der Waals surface area contributed by atoms with Crippen LogP contribution >= 0.6 is 0 Å². The second kappa shape index (κ2) is 6.51. The van der Waals surface area contributed by atoms with Crippen molar-refractivity contribution in [1.82, 2.24) is 15.0 Å². The Morgan fingerprint density at radius 1 is 1.33 bits per heavy atom. The zero-order chi connectivity index (χ0) is 15.3. The molecule has 0 aliphatic rings. The van der Waals surface area contributed by atoms with Gasteiger partial charge in [0.1, 0.15) is 0 Å². The number of rotatable bonds is 6. The summed E-state index contributed by atoms with van der Waals surface area (Å²) in [6.45, 7) is 0.402. The van der Waals surface area contributed by atoms with E-state index in [-0.39, 0.29) is 10.9 Å². The van der Waals surface area contributed by atoms with Crippen LogP contribution < -0.4 is 10.0 Å². The van der Waals surface area contributed by atoms with Gasteiger partial charge in [-0.1, -0.05) is 6.07 Å². The average Bonchev–Trinajstić information content (AvgIpc) is 2.99. The molecule has 2 aromatic rings. The van der Waals surface area contributed by atoms with Gasteiger partial charge in [0.15, 0.2) is 5.76 Å². The number of nitrogens with one attached hydrogen (secondary N) is 2. The van der Waals surface area contributed by atoms with Crippen LogP contribution in [0.15, 0.2) is 46.2 Å². The summed E-state index contributed by atoms with van der Waals surface area (Å²) in [6.07, 6.45) is 4.02. The van der Waals surface area contributed by atoms with Crippen LogP contribution in [0.1, 0.15) is 16.1 Å². The van der Waals surface area contributed by atoms with Crippen molar-refractivity contribution in [2.45, 2.75) is 11.5 Å². The lowest BCUT2D eigenvalue weighted by molar-refractivity contribution is 0.0921. The normalized spacial score (nSPS) is 11.3. The van der Waals surface area contributed by atoms with E-state index in [1.807, 2.05) is 12.1 Å². The van der Waals surface area contributed by atoms with Gasteiger partial charge in [-0.3, -0.25) is 9.78 Å². The SMILES string of the molecule is CNS(=O)(=O)c1ccc(C(=O)NCCc2cccnc2)o1. The highest BCUT2D eigenvalue weighted by Gasteiger charge is 2.19. The van der Waals surface area contributed by atoms with Crippen molar-refractivity contribution >= 4 is 15.9 Å². The summed E-state index contributed by atoms with van der Waals surface area (Å²) in [4.78, 5) is 15.8. The van der Waals surface area contributed by atoms with E-state index in [4.69, 9.17) is 4.42 Å². The lowest BCUT2D eigenvalue weighted by Crippen LogP contribution is -2.25. The third-order valence-electron chi connectivity index (χ3n) is 2.76. The van der Waals surface area contributed by atoms with E-state index in [1.165, 1.54) is 19.2 Å². The molecule has 0 atom stereocenters. The summed E-state index contributed by atoms with van der Waals surface area (Å²) in [6, 6.07) is 6.29. The molecule has 8 heteroatoms. The first-order valence-electron chi connectivity index (χ1n) is 6.23. The predicted octanol–water partition coefficient (Wildman–Crippen LogP) is 0.555. The highest BCUT2D eigenvalue weighted by Crippen LogP contribution is 2.13. The van der Waals surface area contributed by atoms with Crippen molar-refractivity contribution in [3.63, 3.8) is 0 Å². The summed E-state index contributed by atoms with van der Waals surface area (Å²) in [5.41, 5.74) is 0.996. The molecule has 0 saturated carbocycles. The number of pyridine rings is 1. The van der Waals surface area contributed by atoms with E-state index in [1.54, 1.807) is 12.4 Å². The molecule has 21 heavy (non-hydrogen) atoms. The maximum absolute atomic E-state index is 11.8. The maximum atomic E-state index is 11.8. The maximum Gasteiger partial charge on any atom is 0.287 e. The van der Waals surface area contributed by atoms with E-state index >= 15 is 0 Å². The van der Waals surface area contributed by atoms with Crippen molar-refractivity contribution in [2.24, 2.45) is 0 Å². The predicted molar refractivity (Wildman–Crippen MR) is 75.2 cm³/mol. The first-order chi connectivity index (χ1) is 10.0. The summed E-state index contributed by atoms with van der Waals surface area (Å²) >= 11 is 0. The smallest absolute Gasteiger partial charge is 0.287 e. The number of carbonyl (C=O) groups excluding carboxylic acids is 1. The van der Waals surface area contributed by atoms with Gasteiger partial charge >= 0.3 is 0 Å². The fourth-order valence-electron chi connectivity index (χ4n) is 1.64. The standard InChI is InChI=1S/C13H15N3O4S/c1-14-21(18,19)12-5-4-11(20-12)13(17)16-8-6-10-3-2-7-15-9-10/h2-5,7,9,14H,6,8H2,1H3,(H,16,17). The number of furan rings is 1. The van der Waals surface area contributed by atoms with Gasteiger partial charge in [0.2, 0.25) is 5.09 Å². The van der Waals surface area contributed by atoms with Gasteiger partial charge in [0.05, 0.1) is 0 Å². The number of hydrogen-bond acceptors (Lipinski definition) is 5. The Kier molecular flexibility index (Phi) is 4.71. The minimum atomic E-state index is -3.68. The van der Waals surface area contributed by atoms with Gasteiger partial charge in [0.25, 0.3) is 15.9 Å². The minimum absolute atomic E-state index is 0.0463. The second-order valence-electron chi connectivity index (χ2n) is 4.19. The molecule has 1 amide bonds. The number of nitrogens with zero attached hydrogens (tertiary/aromatic N) is 1.